The molecule has 46 heavy (non-hydrogen) atoms. The first-order chi connectivity index (χ1) is 21.8. The summed E-state index contributed by atoms with van der Waals surface area (Å²) in [5.41, 5.74) is 10.7. The molecule has 0 saturated heterocycles. The van der Waals surface area contributed by atoms with Crippen LogP contribution in [0.3, 0.4) is 0 Å². The Morgan fingerprint density at radius 3 is 2.28 bits per heavy atom. The Balaban J connectivity index is 1.92. The van der Waals surface area contributed by atoms with Crippen molar-refractivity contribution in [1.82, 2.24) is 16.2 Å². The van der Waals surface area contributed by atoms with Crippen molar-refractivity contribution in [3.63, 3.8) is 0 Å². The van der Waals surface area contributed by atoms with Gasteiger partial charge in [0.25, 0.3) is 5.91 Å². The molecule has 0 aliphatic carbocycles. The number of ketones is 1. The molecule has 2 atom stereocenters. The molecule has 0 saturated carbocycles. The van der Waals surface area contributed by atoms with Crippen LogP contribution in [0.2, 0.25) is 5.02 Å². The minimum Gasteiger partial charge on any atom is -0.492 e. The van der Waals surface area contributed by atoms with E-state index < -0.39 is 0 Å². The van der Waals surface area contributed by atoms with Gasteiger partial charge in [-0.25, -0.2) is 11.4 Å². The summed E-state index contributed by atoms with van der Waals surface area (Å²) in [4.78, 5) is 30.1. The molecule has 2 rings (SSSR count). The number of nitrogens with two attached hydrogens (primary N) is 2. The van der Waals surface area contributed by atoms with Crippen molar-refractivity contribution in [1.29, 1.82) is 0 Å². The van der Waals surface area contributed by atoms with Crippen molar-refractivity contribution >= 4 is 34.8 Å². The summed E-state index contributed by atoms with van der Waals surface area (Å²) in [6, 6.07) is 13.1. The van der Waals surface area contributed by atoms with Gasteiger partial charge in [-0.1, -0.05) is 65.3 Å². The van der Waals surface area contributed by atoms with E-state index in [9.17, 15) is 9.59 Å². The summed E-state index contributed by atoms with van der Waals surface area (Å²) >= 11 is 6.52. The topological polar surface area (TPSA) is 156 Å². The second-order valence-electron chi connectivity index (χ2n) is 13.1. The van der Waals surface area contributed by atoms with Crippen molar-refractivity contribution in [3.05, 3.63) is 64.2 Å². The van der Waals surface area contributed by atoms with Gasteiger partial charge in [-0.3, -0.25) is 14.6 Å². The number of aliphatic imine (C=N–C) groups is 1. The van der Waals surface area contributed by atoms with Gasteiger partial charge in [-0.2, -0.15) is 5.10 Å². The molecule has 0 radical (unpaired) electrons. The van der Waals surface area contributed by atoms with Gasteiger partial charge in [-0.05, 0) is 85.4 Å². The molecule has 0 spiro atoms. The fraction of sp³-hybridized carbons (Fsp3) is 0.543. The maximum atomic E-state index is 13.3. The molecule has 0 heterocycles. The third-order valence-electron chi connectivity index (χ3n) is 8.02. The number of halogens is 1. The molecule has 0 aromatic heterocycles. The molecule has 0 aliphatic rings. The molecule has 0 aliphatic heterocycles. The summed E-state index contributed by atoms with van der Waals surface area (Å²) in [7, 11) is 1.65. The summed E-state index contributed by atoms with van der Waals surface area (Å²) in [6.07, 6.45) is 3.93. The Morgan fingerprint density at radius 1 is 1.04 bits per heavy atom. The van der Waals surface area contributed by atoms with Gasteiger partial charge in [0.1, 0.15) is 17.3 Å². The Kier molecular flexibility index (Phi) is 16.2. The summed E-state index contributed by atoms with van der Waals surface area (Å²) < 4.78 is 5.88. The van der Waals surface area contributed by atoms with Crippen molar-refractivity contribution in [2.24, 2.45) is 38.9 Å². The van der Waals surface area contributed by atoms with E-state index >= 15 is 0 Å². The number of hydrazine groups is 1. The van der Waals surface area contributed by atoms with E-state index in [0.29, 0.717) is 52.5 Å². The third-order valence-corrected chi connectivity index (χ3v) is 8.31. The number of carbonyl (C=O) groups excluding carboxylic acids is 2. The lowest BCUT2D eigenvalue weighted by atomic mass is 9.86. The fourth-order valence-corrected chi connectivity index (χ4v) is 5.33. The van der Waals surface area contributed by atoms with E-state index in [4.69, 9.17) is 27.9 Å². The minimum atomic E-state index is -0.242. The van der Waals surface area contributed by atoms with Crippen LogP contribution < -0.4 is 32.5 Å². The molecule has 254 valence electrons. The first-order valence-corrected chi connectivity index (χ1v) is 16.5. The van der Waals surface area contributed by atoms with Gasteiger partial charge in [0.15, 0.2) is 5.78 Å². The molecular formula is C35H54ClN7O3. The molecule has 2 aromatic carbocycles. The number of hydrazone groups is 1. The Hall–Kier alpha value is -3.47. The fourth-order valence-electron chi connectivity index (χ4n) is 5.10. The number of hydrogen-bond acceptors (Lipinski definition) is 8. The Bertz CT molecular complexity index is 1320. The smallest absolute Gasteiger partial charge is 0.251 e. The number of nitrogens with zero attached hydrogens (tertiary/aromatic N) is 2. The highest BCUT2D eigenvalue weighted by atomic mass is 35.5. The highest BCUT2D eigenvalue weighted by Gasteiger charge is 2.21. The van der Waals surface area contributed by atoms with E-state index in [-0.39, 0.29) is 35.5 Å². The quantitative estimate of drug-likeness (QED) is 0.0555. The number of benzene rings is 2. The lowest BCUT2D eigenvalue weighted by Crippen LogP contribution is -2.35. The minimum absolute atomic E-state index is 0.0140. The number of amides is 1. The second kappa shape index (κ2) is 19.3. The Morgan fingerprint density at radius 2 is 1.72 bits per heavy atom. The monoisotopic (exact) mass is 655 g/mol. The van der Waals surface area contributed by atoms with Crippen LogP contribution >= 0.6 is 11.6 Å². The molecule has 2 aromatic rings. The number of hydrogen-bond donors (Lipinski definition) is 5. The van der Waals surface area contributed by atoms with Gasteiger partial charge in [0, 0.05) is 30.6 Å². The zero-order valence-electron chi connectivity index (χ0n) is 28.6. The highest BCUT2D eigenvalue weighted by Crippen LogP contribution is 2.28. The molecule has 10 nitrogen and oxygen atoms in total. The third kappa shape index (κ3) is 13.1. The van der Waals surface area contributed by atoms with Gasteiger partial charge in [-0.15, -0.1) is 0 Å². The maximum absolute atomic E-state index is 13.3. The van der Waals surface area contributed by atoms with Crippen molar-refractivity contribution in [2.45, 2.75) is 79.7 Å². The average molecular weight is 656 g/mol. The number of carbonyl (C=O) groups is 2. The SMILES string of the molecule is CCC(NCCC(CCC(=O)C(=NC)c1ccc(OCCC(C)(C)C)c(Cl)c1)C(C)C)c1ccc(C(=O)NC/C(N)=N/NN)cc1. The molecule has 11 heteroatoms. The lowest BCUT2D eigenvalue weighted by Gasteiger charge is -2.23. The van der Waals surface area contributed by atoms with Gasteiger partial charge >= 0.3 is 0 Å². The normalized spacial score (nSPS) is 13.8. The van der Waals surface area contributed by atoms with Crippen LogP contribution in [0, 0.1) is 17.3 Å². The van der Waals surface area contributed by atoms with Gasteiger partial charge < -0.3 is 21.1 Å². The largest absolute Gasteiger partial charge is 0.492 e. The molecule has 7 N–H and O–H groups in total. The highest BCUT2D eigenvalue weighted by molar-refractivity contribution is 6.46. The molecule has 1 amide bonds. The number of rotatable bonds is 19. The number of Topliss-reactive ketones (excluding diaryl/α,β-unsaturated/α-hetero) is 1. The Labute approximate surface area is 280 Å². The van der Waals surface area contributed by atoms with Gasteiger partial charge in [0.2, 0.25) is 0 Å². The predicted molar refractivity (Wildman–Crippen MR) is 189 cm³/mol. The van der Waals surface area contributed by atoms with Crippen molar-refractivity contribution in [2.75, 3.05) is 26.7 Å². The summed E-state index contributed by atoms with van der Waals surface area (Å²) in [5.74, 6) is 6.46. The maximum Gasteiger partial charge on any atom is 0.251 e. The van der Waals surface area contributed by atoms with Crippen LogP contribution in [0.1, 0.15) is 101 Å². The molecule has 2 unspecified atom stereocenters. The van der Waals surface area contributed by atoms with Crippen molar-refractivity contribution < 1.29 is 14.3 Å². The van der Waals surface area contributed by atoms with Gasteiger partial charge in [0.05, 0.1) is 18.2 Å². The van der Waals surface area contributed by atoms with Crippen LogP contribution in [0.15, 0.2) is 52.6 Å². The summed E-state index contributed by atoms with van der Waals surface area (Å²) in [6.45, 7) is 14.5. The van der Waals surface area contributed by atoms with Crippen molar-refractivity contribution in [3.8, 4) is 5.75 Å². The summed E-state index contributed by atoms with van der Waals surface area (Å²) in [5, 5.41) is 10.5. The molecule has 0 fully saturated rings. The van der Waals surface area contributed by atoms with Crippen LogP contribution in [0.4, 0.5) is 0 Å². The first kappa shape index (κ1) is 38.7. The average Bonchev–Trinajstić information content (AvgIpc) is 3.00. The van der Waals surface area contributed by atoms with Crippen LogP contribution in [-0.2, 0) is 4.79 Å². The van der Waals surface area contributed by atoms with E-state index in [1.54, 1.807) is 25.2 Å². The van der Waals surface area contributed by atoms with Crippen LogP contribution in [0.25, 0.3) is 0 Å². The molecular weight excluding hydrogens is 602 g/mol. The molecule has 0 bridgehead atoms. The van der Waals surface area contributed by atoms with Crippen LogP contribution in [0.5, 0.6) is 5.75 Å². The predicted octanol–water partition coefficient (Wildman–Crippen LogP) is 5.79. The lowest BCUT2D eigenvalue weighted by molar-refractivity contribution is -0.113. The van der Waals surface area contributed by atoms with E-state index in [1.165, 1.54) is 0 Å². The van der Waals surface area contributed by atoms with E-state index in [0.717, 1.165) is 37.8 Å². The zero-order chi connectivity index (χ0) is 34.3. The first-order valence-electron chi connectivity index (χ1n) is 16.1. The van der Waals surface area contributed by atoms with E-state index in [2.05, 4.69) is 67.8 Å². The number of nitrogens with one attached hydrogen (secondary N) is 3. The number of ether oxygens (including phenoxy) is 1. The number of amidine groups is 1. The van der Waals surface area contributed by atoms with E-state index in [1.807, 2.05) is 24.3 Å². The second-order valence-corrected chi connectivity index (χ2v) is 13.5. The standard InChI is InChI=1S/C35H54ClN7O3/c1-8-29(25-9-11-26(12-10-25)34(45)41-22-32(37)42-43-38)40-19-17-24(23(2)3)13-15-30(44)33(39-7)27-14-16-31(28(36)21-27)46-20-18-35(4,5)6/h9-12,14,16,21,23-24,29,40,43H,8,13,15,17-20,22,38H2,1-7H3,(H2,37,42)(H,41,45). The zero-order valence-corrected chi connectivity index (χ0v) is 29.3. The van der Waals surface area contributed by atoms with Crippen LogP contribution in [-0.4, -0.2) is 50.0 Å².